The molecule has 266 valence electrons. The van der Waals surface area contributed by atoms with Gasteiger partial charge < -0.3 is 13.7 Å². The summed E-state index contributed by atoms with van der Waals surface area (Å²) in [5.41, 5.74) is 15.4. The fourth-order valence-corrected chi connectivity index (χ4v) is 9.29. The van der Waals surface area contributed by atoms with Crippen molar-refractivity contribution in [3.8, 4) is 39.3 Å². The Labute approximate surface area is 329 Å². The maximum absolute atomic E-state index is 2.44. The molecule has 0 spiro atoms. The van der Waals surface area contributed by atoms with Gasteiger partial charge >= 0.3 is 0 Å². The molecular weight excluding hydrogens is 691 g/mol. The van der Waals surface area contributed by atoms with Crippen LogP contribution in [-0.4, -0.2) is 13.7 Å². The second-order valence-corrected chi connectivity index (χ2v) is 15.0. The van der Waals surface area contributed by atoms with Gasteiger partial charge in [-0.15, -0.1) is 0 Å². The van der Waals surface area contributed by atoms with E-state index in [9.17, 15) is 0 Å². The van der Waals surface area contributed by atoms with Crippen LogP contribution < -0.4 is 0 Å². The predicted molar refractivity (Wildman–Crippen MR) is 240 cm³/mol. The minimum atomic E-state index is 1.14. The normalized spacial score (nSPS) is 11.9. The van der Waals surface area contributed by atoms with Crippen molar-refractivity contribution in [3.63, 3.8) is 0 Å². The quantitative estimate of drug-likeness (QED) is 0.168. The SMILES string of the molecule is c1ccc(-n2c3ccccc3c3cc(-c4cc(-c5ccc6c(c5)c5ccccc5n6-c5ccccc5)cc(-n5c6ccccc6c6ccccc65)c4)ccc32)cc1. The van der Waals surface area contributed by atoms with Gasteiger partial charge in [-0.25, -0.2) is 0 Å². The average Bonchev–Trinajstić information content (AvgIpc) is 3.92. The number of hydrogen-bond donors (Lipinski definition) is 0. The van der Waals surface area contributed by atoms with Crippen LogP contribution in [0, 0.1) is 0 Å². The van der Waals surface area contributed by atoms with Gasteiger partial charge in [-0.1, -0.05) is 121 Å². The van der Waals surface area contributed by atoms with Crippen LogP contribution in [-0.2, 0) is 0 Å². The van der Waals surface area contributed by atoms with Crippen LogP contribution in [0.3, 0.4) is 0 Å². The summed E-state index contributed by atoms with van der Waals surface area (Å²) < 4.78 is 7.21. The van der Waals surface area contributed by atoms with Crippen molar-refractivity contribution >= 4 is 65.4 Å². The van der Waals surface area contributed by atoms with Crippen LogP contribution in [0.2, 0.25) is 0 Å². The zero-order valence-electron chi connectivity index (χ0n) is 31.0. The van der Waals surface area contributed by atoms with E-state index in [2.05, 4.69) is 226 Å². The lowest BCUT2D eigenvalue weighted by Gasteiger charge is -2.15. The zero-order valence-corrected chi connectivity index (χ0v) is 31.0. The lowest BCUT2D eigenvalue weighted by molar-refractivity contribution is 1.18. The molecule has 0 atom stereocenters. The maximum atomic E-state index is 2.44. The van der Waals surface area contributed by atoms with Crippen molar-refractivity contribution < 1.29 is 0 Å². The van der Waals surface area contributed by atoms with Gasteiger partial charge in [-0.3, -0.25) is 0 Å². The number of rotatable bonds is 5. The van der Waals surface area contributed by atoms with E-state index in [1.54, 1.807) is 0 Å². The van der Waals surface area contributed by atoms with Gasteiger partial charge in [0.1, 0.15) is 0 Å². The molecule has 3 heterocycles. The third-order valence-corrected chi connectivity index (χ3v) is 11.8. The predicted octanol–water partition coefficient (Wildman–Crippen LogP) is 14.3. The monoisotopic (exact) mass is 725 g/mol. The topological polar surface area (TPSA) is 14.8 Å². The van der Waals surface area contributed by atoms with Crippen LogP contribution in [0.4, 0.5) is 0 Å². The molecule has 0 bridgehead atoms. The van der Waals surface area contributed by atoms with Gasteiger partial charge in [0.15, 0.2) is 0 Å². The summed E-state index contributed by atoms with van der Waals surface area (Å²) in [6.07, 6.45) is 0. The third kappa shape index (κ3) is 4.86. The van der Waals surface area contributed by atoms with E-state index in [1.807, 2.05) is 0 Å². The highest BCUT2D eigenvalue weighted by Gasteiger charge is 2.18. The number of hydrogen-bond acceptors (Lipinski definition) is 0. The van der Waals surface area contributed by atoms with Crippen LogP contribution in [0.25, 0.3) is 105 Å². The van der Waals surface area contributed by atoms with E-state index in [4.69, 9.17) is 0 Å². The first kappa shape index (κ1) is 31.7. The molecule has 0 aliphatic heterocycles. The van der Waals surface area contributed by atoms with E-state index in [0.717, 1.165) is 17.1 Å². The highest BCUT2D eigenvalue weighted by molar-refractivity contribution is 6.13. The fourth-order valence-electron chi connectivity index (χ4n) is 9.29. The molecule has 12 aromatic rings. The van der Waals surface area contributed by atoms with Gasteiger partial charge in [-0.2, -0.15) is 0 Å². The smallest absolute Gasteiger partial charge is 0.0541 e. The molecule has 0 saturated heterocycles. The molecular formula is C54H35N3. The number of fused-ring (bicyclic) bond motifs is 9. The largest absolute Gasteiger partial charge is 0.309 e. The minimum Gasteiger partial charge on any atom is -0.309 e. The summed E-state index contributed by atoms with van der Waals surface area (Å²) in [7, 11) is 0. The molecule has 9 aromatic carbocycles. The Bertz CT molecular complexity index is 3280. The van der Waals surface area contributed by atoms with Crippen LogP contribution in [0.1, 0.15) is 0 Å². The van der Waals surface area contributed by atoms with E-state index in [1.165, 1.54) is 87.7 Å². The van der Waals surface area contributed by atoms with Gasteiger partial charge in [0.25, 0.3) is 0 Å². The lowest BCUT2D eigenvalue weighted by atomic mass is 9.96. The molecule has 3 aromatic heterocycles. The average molecular weight is 726 g/mol. The number of para-hydroxylation sites is 6. The molecule has 3 heteroatoms. The number of nitrogens with zero attached hydrogens (tertiary/aromatic N) is 3. The van der Waals surface area contributed by atoms with Crippen LogP contribution in [0.15, 0.2) is 212 Å². The molecule has 0 saturated carbocycles. The summed E-state index contributed by atoms with van der Waals surface area (Å²) in [6, 6.07) is 77.6. The lowest BCUT2D eigenvalue weighted by Crippen LogP contribution is -1.96. The zero-order chi connectivity index (χ0) is 37.5. The van der Waals surface area contributed by atoms with Crippen LogP contribution in [0.5, 0.6) is 0 Å². The standard InChI is InChI=1S/C54H35N3/c1-3-15-40(16-4-1)55-51-25-13-9-21-45(51)47-34-36(27-29-53(47)55)38-31-39(33-42(32-38)57-49-23-11-7-19-43(49)44-20-8-12-24-50(44)57)37-28-30-54-48(35-37)46-22-10-14-26-52(46)56(54)41-17-5-2-6-18-41/h1-35H. The fraction of sp³-hybridized carbons (Fsp3) is 0. The Morgan fingerprint density at radius 3 is 0.912 bits per heavy atom. The van der Waals surface area contributed by atoms with Crippen molar-refractivity contribution in [1.82, 2.24) is 13.7 Å². The molecule has 3 nitrogen and oxygen atoms in total. The number of aromatic nitrogens is 3. The summed E-state index contributed by atoms with van der Waals surface area (Å²) in [5, 5.41) is 7.49. The Hall–Kier alpha value is -7.62. The van der Waals surface area contributed by atoms with Crippen molar-refractivity contribution in [3.05, 3.63) is 212 Å². The molecule has 0 unspecified atom stereocenters. The van der Waals surface area contributed by atoms with E-state index in [0.29, 0.717) is 0 Å². The van der Waals surface area contributed by atoms with E-state index >= 15 is 0 Å². The van der Waals surface area contributed by atoms with Crippen LogP contribution >= 0.6 is 0 Å². The molecule has 0 radical (unpaired) electrons. The number of benzene rings is 9. The summed E-state index contributed by atoms with van der Waals surface area (Å²) in [4.78, 5) is 0. The highest BCUT2D eigenvalue weighted by atomic mass is 15.0. The van der Waals surface area contributed by atoms with Crippen molar-refractivity contribution in [1.29, 1.82) is 0 Å². The maximum Gasteiger partial charge on any atom is 0.0541 e. The minimum absolute atomic E-state index is 1.14. The molecule has 0 aliphatic carbocycles. The van der Waals surface area contributed by atoms with Crippen molar-refractivity contribution in [2.45, 2.75) is 0 Å². The van der Waals surface area contributed by atoms with Crippen molar-refractivity contribution in [2.24, 2.45) is 0 Å². The summed E-state index contributed by atoms with van der Waals surface area (Å²) in [5.74, 6) is 0. The Kier molecular flexibility index (Phi) is 6.93. The Morgan fingerprint density at radius 1 is 0.193 bits per heavy atom. The second kappa shape index (κ2) is 12.5. The molecule has 0 fully saturated rings. The van der Waals surface area contributed by atoms with Gasteiger partial charge in [0.05, 0.1) is 33.1 Å². The van der Waals surface area contributed by atoms with E-state index < -0.39 is 0 Å². The Morgan fingerprint density at radius 2 is 0.509 bits per heavy atom. The van der Waals surface area contributed by atoms with Crippen molar-refractivity contribution in [2.75, 3.05) is 0 Å². The molecule has 0 amide bonds. The first-order valence-corrected chi connectivity index (χ1v) is 19.6. The second-order valence-electron chi connectivity index (χ2n) is 15.0. The van der Waals surface area contributed by atoms with Gasteiger partial charge in [0.2, 0.25) is 0 Å². The first-order chi connectivity index (χ1) is 28.3. The molecule has 0 N–H and O–H groups in total. The van der Waals surface area contributed by atoms with Gasteiger partial charge in [0, 0.05) is 49.4 Å². The highest BCUT2D eigenvalue weighted by Crippen LogP contribution is 2.40. The first-order valence-electron chi connectivity index (χ1n) is 19.6. The molecule has 57 heavy (non-hydrogen) atoms. The summed E-state index contributed by atoms with van der Waals surface area (Å²) in [6.45, 7) is 0. The molecule has 12 rings (SSSR count). The van der Waals surface area contributed by atoms with E-state index in [-0.39, 0.29) is 0 Å². The molecule has 0 aliphatic rings. The third-order valence-electron chi connectivity index (χ3n) is 11.8. The van der Waals surface area contributed by atoms with Gasteiger partial charge in [-0.05, 0) is 113 Å². The summed E-state index contributed by atoms with van der Waals surface area (Å²) >= 11 is 0. The Balaban J connectivity index is 1.12.